The molecule has 1 aromatic heterocycles. The van der Waals surface area contributed by atoms with E-state index >= 15 is 0 Å². The highest BCUT2D eigenvalue weighted by Crippen LogP contribution is 2.35. The van der Waals surface area contributed by atoms with E-state index in [1.165, 1.54) is 24.3 Å². The minimum absolute atomic E-state index is 0.118. The van der Waals surface area contributed by atoms with Crippen molar-refractivity contribution >= 4 is 22.5 Å². The summed E-state index contributed by atoms with van der Waals surface area (Å²) in [6, 6.07) is 26.7. The fraction of sp³-hybridized carbons (Fsp3) is 0.156. The van der Waals surface area contributed by atoms with E-state index in [1.54, 1.807) is 24.3 Å². The minimum atomic E-state index is -0.319. The summed E-state index contributed by atoms with van der Waals surface area (Å²) in [6.07, 6.45) is 2.26. The molecule has 4 aromatic carbocycles. The van der Waals surface area contributed by atoms with Gasteiger partial charge in [0.2, 0.25) is 5.91 Å². The van der Waals surface area contributed by atoms with E-state index in [4.69, 9.17) is 0 Å². The van der Waals surface area contributed by atoms with Crippen molar-refractivity contribution in [1.82, 2.24) is 4.57 Å². The van der Waals surface area contributed by atoms with E-state index in [-0.39, 0.29) is 29.9 Å². The molecular weight excluding hydrogens is 466 g/mol. The Morgan fingerprint density at radius 2 is 1.51 bits per heavy atom. The molecular formula is C32H28F2N2O. The lowest BCUT2D eigenvalue weighted by Gasteiger charge is -2.18. The monoisotopic (exact) mass is 494 g/mol. The molecule has 5 heteroatoms. The molecule has 0 fully saturated rings. The lowest BCUT2D eigenvalue weighted by Crippen LogP contribution is -2.16. The number of para-hydroxylation sites is 1. The maximum absolute atomic E-state index is 13.8. The SMILES string of the molecule is Cc1ccc(NC(=O)CC(c2ccc(F)cc2)c2cn(Cc3ccc(F)cc3)c3ccccc23)cc1C. The summed E-state index contributed by atoms with van der Waals surface area (Å²) < 4.78 is 29.4. The summed E-state index contributed by atoms with van der Waals surface area (Å²) in [6.45, 7) is 4.61. The first-order valence-electron chi connectivity index (χ1n) is 12.3. The first-order valence-corrected chi connectivity index (χ1v) is 12.3. The van der Waals surface area contributed by atoms with Crippen LogP contribution in [0.3, 0.4) is 0 Å². The van der Waals surface area contributed by atoms with E-state index in [1.807, 2.05) is 56.3 Å². The molecule has 0 aliphatic heterocycles. The number of halogens is 2. The number of fused-ring (bicyclic) bond motifs is 1. The Labute approximate surface area is 215 Å². The van der Waals surface area contributed by atoms with Crippen LogP contribution in [0.1, 0.15) is 40.2 Å². The molecule has 1 heterocycles. The van der Waals surface area contributed by atoms with Gasteiger partial charge in [-0.25, -0.2) is 8.78 Å². The standard InChI is InChI=1S/C32H28F2N2O/c1-21-7-16-27(17-22(21)2)35-32(37)18-29(24-10-14-26(34)15-11-24)30-20-36(31-6-4-3-5-28(30)31)19-23-8-12-25(33)13-9-23/h3-17,20,29H,18-19H2,1-2H3,(H,35,37). The molecule has 3 nitrogen and oxygen atoms in total. The third-order valence-corrected chi connectivity index (χ3v) is 6.91. The fourth-order valence-corrected chi connectivity index (χ4v) is 4.79. The molecule has 1 unspecified atom stereocenters. The molecule has 0 saturated carbocycles. The van der Waals surface area contributed by atoms with Gasteiger partial charge in [0.25, 0.3) is 0 Å². The van der Waals surface area contributed by atoms with Gasteiger partial charge in [0.1, 0.15) is 11.6 Å². The number of benzene rings is 4. The molecule has 0 bridgehead atoms. The lowest BCUT2D eigenvalue weighted by molar-refractivity contribution is -0.116. The number of nitrogens with one attached hydrogen (secondary N) is 1. The summed E-state index contributed by atoms with van der Waals surface area (Å²) in [7, 11) is 0. The van der Waals surface area contributed by atoms with Crippen LogP contribution >= 0.6 is 0 Å². The van der Waals surface area contributed by atoms with Gasteiger partial charge in [-0.15, -0.1) is 0 Å². The van der Waals surface area contributed by atoms with Gasteiger partial charge >= 0.3 is 0 Å². The summed E-state index contributed by atoms with van der Waals surface area (Å²) >= 11 is 0. The second-order valence-electron chi connectivity index (χ2n) is 9.51. The number of hydrogen-bond donors (Lipinski definition) is 1. The van der Waals surface area contributed by atoms with Crippen LogP contribution in [0.25, 0.3) is 10.9 Å². The van der Waals surface area contributed by atoms with E-state index in [0.29, 0.717) is 6.54 Å². The Kier molecular flexibility index (Phi) is 6.87. The van der Waals surface area contributed by atoms with Crippen LogP contribution in [0.15, 0.2) is 97.2 Å². The van der Waals surface area contributed by atoms with Crippen LogP contribution in [0.4, 0.5) is 14.5 Å². The number of nitrogens with zero attached hydrogens (tertiary/aromatic N) is 1. The third-order valence-electron chi connectivity index (χ3n) is 6.91. The number of hydrogen-bond acceptors (Lipinski definition) is 1. The molecule has 0 aliphatic carbocycles. The molecule has 37 heavy (non-hydrogen) atoms. The predicted molar refractivity (Wildman–Crippen MR) is 145 cm³/mol. The summed E-state index contributed by atoms with van der Waals surface area (Å²) in [5, 5.41) is 4.06. The van der Waals surface area contributed by atoms with Crippen LogP contribution in [0.2, 0.25) is 0 Å². The fourth-order valence-electron chi connectivity index (χ4n) is 4.79. The van der Waals surface area contributed by atoms with Crippen LogP contribution < -0.4 is 5.32 Å². The molecule has 5 aromatic rings. The summed E-state index contributed by atoms with van der Waals surface area (Å²) in [5.41, 5.74) is 6.86. The number of aromatic nitrogens is 1. The highest BCUT2D eigenvalue weighted by molar-refractivity contribution is 5.93. The molecule has 1 atom stereocenters. The molecule has 1 N–H and O–H groups in total. The Bertz CT molecular complexity index is 1550. The van der Waals surface area contributed by atoms with Crippen molar-refractivity contribution in [3.8, 4) is 0 Å². The number of anilines is 1. The van der Waals surface area contributed by atoms with Gasteiger partial charge in [-0.05, 0) is 84.1 Å². The highest BCUT2D eigenvalue weighted by Gasteiger charge is 2.23. The van der Waals surface area contributed by atoms with Gasteiger partial charge in [0, 0.05) is 41.7 Å². The molecule has 1 amide bonds. The first kappa shape index (κ1) is 24.4. The number of rotatable bonds is 7. The number of carbonyl (C=O) groups is 1. The van der Waals surface area contributed by atoms with Crippen molar-refractivity contribution in [2.24, 2.45) is 0 Å². The maximum Gasteiger partial charge on any atom is 0.225 e. The van der Waals surface area contributed by atoms with Gasteiger partial charge in [0.15, 0.2) is 0 Å². The Morgan fingerprint density at radius 1 is 0.838 bits per heavy atom. The van der Waals surface area contributed by atoms with Crippen molar-refractivity contribution in [2.45, 2.75) is 32.7 Å². The normalized spacial score (nSPS) is 12.0. The molecule has 0 spiro atoms. The molecule has 186 valence electrons. The average molecular weight is 495 g/mol. The van der Waals surface area contributed by atoms with Crippen molar-refractivity contribution in [3.63, 3.8) is 0 Å². The van der Waals surface area contributed by atoms with E-state index in [0.717, 1.165) is 44.4 Å². The zero-order chi connectivity index (χ0) is 25.9. The van der Waals surface area contributed by atoms with Crippen LogP contribution in [-0.2, 0) is 11.3 Å². The van der Waals surface area contributed by atoms with Gasteiger partial charge in [-0.3, -0.25) is 4.79 Å². The maximum atomic E-state index is 13.8. The largest absolute Gasteiger partial charge is 0.343 e. The lowest BCUT2D eigenvalue weighted by atomic mass is 9.88. The second kappa shape index (κ2) is 10.4. The van der Waals surface area contributed by atoms with E-state index < -0.39 is 0 Å². The summed E-state index contributed by atoms with van der Waals surface area (Å²) in [5.74, 6) is -0.992. The van der Waals surface area contributed by atoms with Crippen LogP contribution in [0.5, 0.6) is 0 Å². The Balaban J connectivity index is 1.52. The van der Waals surface area contributed by atoms with Gasteiger partial charge in [-0.2, -0.15) is 0 Å². The zero-order valence-corrected chi connectivity index (χ0v) is 20.8. The number of amides is 1. The summed E-state index contributed by atoms with van der Waals surface area (Å²) in [4.78, 5) is 13.3. The molecule has 5 rings (SSSR count). The Hall–Kier alpha value is -4.25. The molecule has 0 saturated heterocycles. The van der Waals surface area contributed by atoms with Gasteiger partial charge < -0.3 is 9.88 Å². The molecule has 0 aliphatic rings. The van der Waals surface area contributed by atoms with Gasteiger partial charge in [-0.1, -0.05) is 48.5 Å². The average Bonchev–Trinajstić information content (AvgIpc) is 3.25. The van der Waals surface area contributed by atoms with Crippen molar-refractivity contribution < 1.29 is 13.6 Å². The first-order chi connectivity index (χ1) is 17.9. The minimum Gasteiger partial charge on any atom is -0.343 e. The van der Waals surface area contributed by atoms with Crippen LogP contribution in [0, 0.1) is 25.5 Å². The van der Waals surface area contributed by atoms with Crippen molar-refractivity contribution in [1.29, 1.82) is 0 Å². The molecule has 0 radical (unpaired) electrons. The quantitative estimate of drug-likeness (QED) is 0.247. The predicted octanol–water partition coefficient (Wildman–Crippen LogP) is 7.75. The zero-order valence-electron chi connectivity index (χ0n) is 20.8. The number of aryl methyl sites for hydroxylation is 2. The van der Waals surface area contributed by atoms with E-state index in [2.05, 4.69) is 16.1 Å². The third kappa shape index (κ3) is 5.46. The van der Waals surface area contributed by atoms with Gasteiger partial charge in [0.05, 0.1) is 0 Å². The van der Waals surface area contributed by atoms with Crippen molar-refractivity contribution in [2.75, 3.05) is 5.32 Å². The Morgan fingerprint density at radius 3 is 2.22 bits per heavy atom. The second-order valence-corrected chi connectivity index (χ2v) is 9.51. The van der Waals surface area contributed by atoms with Crippen molar-refractivity contribution in [3.05, 3.63) is 137 Å². The van der Waals surface area contributed by atoms with E-state index in [9.17, 15) is 13.6 Å². The smallest absolute Gasteiger partial charge is 0.225 e. The highest BCUT2D eigenvalue weighted by atomic mass is 19.1. The topological polar surface area (TPSA) is 34.0 Å². The number of carbonyl (C=O) groups excluding carboxylic acids is 1. The van der Waals surface area contributed by atoms with Crippen LogP contribution in [-0.4, -0.2) is 10.5 Å².